The van der Waals surface area contributed by atoms with E-state index < -0.39 is 0 Å². The molecule has 0 amide bonds. The van der Waals surface area contributed by atoms with Gasteiger partial charge in [0, 0.05) is 29.7 Å². The molecule has 0 radical (unpaired) electrons. The first kappa shape index (κ1) is 16.6. The van der Waals surface area contributed by atoms with E-state index in [0.29, 0.717) is 24.1 Å². The minimum Gasteiger partial charge on any atom is -0.466 e. The van der Waals surface area contributed by atoms with Crippen molar-refractivity contribution in [2.24, 2.45) is 11.3 Å². The Morgan fingerprint density at radius 2 is 2.00 bits per heavy atom. The molecule has 1 aromatic heterocycles. The molecule has 3 nitrogen and oxygen atoms in total. The molecule has 3 atom stereocenters. The average molecular weight is 293 g/mol. The Morgan fingerprint density at radius 1 is 1.33 bits per heavy atom. The van der Waals surface area contributed by atoms with Crippen molar-refractivity contribution in [1.29, 1.82) is 0 Å². The van der Waals surface area contributed by atoms with E-state index in [9.17, 15) is 0 Å². The molecule has 1 fully saturated rings. The van der Waals surface area contributed by atoms with Crippen LogP contribution in [-0.2, 0) is 4.74 Å². The van der Waals surface area contributed by atoms with Gasteiger partial charge in [0.05, 0.1) is 6.10 Å². The van der Waals surface area contributed by atoms with Crippen LogP contribution in [0.15, 0.2) is 10.5 Å². The zero-order valence-corrected chi connectivity index (χ0v) is 14.6. The van der Waals surface area contributed by atoms with Crippen molar-refractivity contribution >= 4 is 0 Å². The van der Waals surface area contributed by atoms with E-state index in [1.807, 2.05) is 13.8 Å². The first-order chi connectivity index (χ1) is 9.71. The number of aryl methyl sites for hydroxylation is 2. The van der Waals surface area contributed by atoms with E-state index in [4.69, 9.17) is 9.15 Å². The normalized spacial score (nSPS) is 25.9. The molecule has 0 saturated heterocycles. The fourth-order valence-electron chi connectivity index (χ4n) is 3.23. The number of rotatable bonds is 6. The van der Waals surface area contributed by atoms with Crippen molar-refractivity contribution in [1.82, 2.24) is 5.32 Å². The third-order valence-electron chi connectivity index (χ3n) is 4.81. The zero-order valence-electron chi connectivity index (χ0n) is 14.6. The molecule has 21 heavy (non-hydrogen) atoms. The third-order valence-corrected chi connectivity index (χ3v) is 4.81. The Kier molecular flexibility index (Phi) is 4.84. The minimum atomic E-state index is 0.190. The maximum Gasteiger partial charge on any atom is 0.105 e. The summed E-state index contributed by atoms with van der Waals surface area (Å²) in [5.74, 6) is 2.61. The highest BCUT2D eigenvalue weighted by atomic mass is 16.5. The van der Waals surface area contributed by atoms with Gasteiger partial charge in [0.1, 0.15) is 11.5 Å². The topological polar surface area (TPSA) is 34.4 Å². The van der Waals surface area contributed by atoms with Crippen LogP contribution in [0.25, 0.3) is 0 Å². The molecule has 1 aliphatic carbocycles. The van der Waals surface area contributed by atoms with Crippen molar-refractivity contribution in [3.63, 3.8) is 0 Å². The number of ether oxygens (including phenoxy) is 1. The van der Waals surface area contributed by atoms with Crippen molar-refractivity contribution in [2.75, 3.05) is 6.61 Å². The number of hydrogen-bond acceptors (Lipinski definition) is 3. The Balaban J connectivity index is 1.91. The van der Waals surface area contributed by atoms with Gasteiger partial charge in [-0.3, -0.25) is 0 Å². The van der Waals surface area contributed by atoms with Crippen LogP contribution < -0.4 is 5.32 Å². The van der Waals surface area contributed by atoms with Crippen molar-refractivity contribution < 1.29 is 9.15 Å². The van der Waals surface area contributed by atoms with Crippen LogP contribution in [0.2, 0.25) is 0 Å². The van der Waals surface area contributed by atoms with Gasteiger partial charge in [0.15, 0.2) is 0 Å². The lowest BCUT2D eigenvalue weighted by Gasteiger charge is -2.53. The molecular weight excluding hydrogens is 262 g/mol. The van der Waals surface area contributed by atoms with Crippen molar-refractivity contribution in [3.05, 3.63) is 23.2 Å². The van der Waals surface area contributed by atoms with Gasteiger partial charge in [-0.05, 0) is 39.2 Å². The molecule has 1 aliphatic rings. The van der Waals surface area contributed by atoms with Crippen LogP contribution >= 0.6 is 0 Å². The Hall–Kier alpha value is -0.800. The predicted molar refractivity (Wildman–Crippen MR) is 86.5 cm³/mol. The fourth-order valence-corrected chi connectivity index (χ4v) is 3.23. The first-order valence-electron chi connectivity index (χ1n) is 8.16. The van der Waals surface area contributed by atoms with E-state index >= 15 is 0 Å². The van der Waals surface area contributed by atoms with E-state index in [1.165, 1.54) is 5.56 Å². The molecule has 1 saturated carbocycles. The maximum absolute atomic E-state index is 6.04. The van der Waals surface area contributed by atoms with Crippen molar-refractivity contribution in [3.8, 4) is 0 Å². The average Bonchev–Trinajstić information content (AvgIpc) is 2.71. The second-order valence-corrected chi connectivity index (χ2v) is 7.58. The lowest BCUT2D eigenvalue weighted by Crippen LogP contribution is -2.61. The van der Waals surface area contributed by atoms with Crippen LogP contribution in [0.5, 0.6) is 0 Å². The van der Waals surface area contributed by atoms with Gasteiger partial charge in [-0.2, -0.15) is 0 Å². The molecule has 1 heterocycles. The van der Waals surface area contributed by atoms with Gasteiger partial charge in [-0.25, -0.2) is 0 Å². The predicted octanol–water partition coefficient (Wildman–Crippen LogP) is 4.39. The second-order valence-electron chi connectivity index (χ2n) is 7.58. The number of hydrogen-bond donors (Lipinski definition) is 1. The summed E-state index contributed by atoms with van der Waals surface area (Å²) in [4.78, 5) is 0. The Bertz CT molecular complexity index is 476. The fraction of sp³-hybridized carbons (Fsp3) is 0.778. The summed E-state index contributed by atoms with van der Waals surface area (Å²) < 4.78 is 11.7. The lowest BCUT2D eigenvalue weighted by molar-refractivity contribution is -0.125. The van der Waals surface area contributed by atoms with Crippen LogP contribution in [0.4, 0.5) is 0 Å². The van der Waals surface area contributed by atoms with Gasteiger partial charge >= 0.3 is 0 Å². The highest BCUT2D eigenvalue weighted by Crippen LogP contribution is 2.44. The van der Waals surface area contributed by atoms with Gasteiger partial charge < -0.3 is 14.5 Å². The molecule has 1 aromatic rings. The Labute approximate surface area is 129 Å². The summed E-state index contributed by atoms with van der Waals surface area (Å²) in [5.41, 5.74) is 1.46. The summed E-state index contributed by atoms with van der Waals surface area (Å²) in [6.07, 6.45) is 1.47. The van der Waals surface area contributed by atoms with Gasteiger partial charge in [-0.1, -0.05) is 27.7 Å². The quantitative estimate of drug-likeness (QED) is 0.845. The molecule has 0 spiro atoms. The SMILES string of the molecule is Cc1cc(C(C)NC2CC(OCC(C)C)C2(C)C)c(C)o1. The lowest BCUT2D eigenvalue weighted by atomic mass is 9.64. The smallest absolute Gasteiger partial charge is 0.105 e. The molecule has 1 N–H and O–H groups in total. The van der Waals surface area contributed by atoms with Crippen molar-refractivity contribution in [2.45, 2.75) is 73.1 Å². The highest BCUT2D eigenvalue weighted by Gasteiger charge is 2.49. The summed E-state index contributed by atoms with van der Waals surface area (Å²) in [7, 11) is 0. The van der Waals surface area contributed by atoms with Gasteiger partial charge in [-0.15, -0.1) is 0 Å². The molecule has 0 aromatic carbocycles. The van der Waals surface area contributed by atoms with E-state index in [1.54, 1.807) is 0 Å². The summed E-state index contributed by atoms with van der Waals surface area (Å²) in [6.45, 7) is 16.1. The van der Waals surface area contributed by atoms with Crippen LogP contribution in [0.3, 0.4) is 0 Å². The second kappa shape index (κ2) is 6.13. The monoisotopic (exact) mass is 293 g/mol. The third kappa shape index (κ3) is 3.51. The largest absolute Gasteiger partial charge is 0.466 e. The molecule has 3 unspecified atom stereocenters. The standard InChI is InChI=1S/C18H31NO2/c1-11(2)10-20-17-9-16(18(17,6)7)19-13(4)15-8-12(3)21-14(15)5/h8,11,13,16-17,19H,9-10H2,1-7H3. The number of nitrogens with one attached hydrogen (secondary N) is 1. The molecule has 2 rings (SSSR count). The molecule has 120 valence electrons. The zero-order chi connectivity index (χ0) is 15.8. The Morgan fingerprint density at radius 3 is 2.48 bits per heavy atom. The molecule has 0 aliphatic heterocycles. The van der Waals surface area contributed by atoms with Crippen LogP contribution in [0.1, 0.15) is 64.2 Å². The van der Waals surface area contributed by atoms with E-state index in [2.05, 4.69) is 46.0 Å². The molecule has 0 bridgehead atoms. The van der Waals surface area contributed by atoms with Gasteiger partial charge in [0.25, 0.3) is 0 Å². The number of furan rings is 1. The summed E-state index contributed by atoms with van der Waals surface area (Å²) in [5, 5.41) is 3.75. The van der Waals surface area contributed by atoms with E-state index in [0.717, 1.165) is 24.5 Å². The van der Waals surface area contributed by atoms with Crippen LogP contribution in [0, 0.1) is 25.2 Å². The minimum absolute atomic E-state index is 0.190. The highest BCUT2D eigenvalue weighted by molar-refractivity contribution is 5.24. The molecular formula is C18H31NO2. The summed E-state index contributed by atoms with van der Waals surface area (Å²) >= 11 is 0. The van der Waals surface area contributed by atoms with Crippen LogP contribution in [-0.4, -0.2) is 18.8 Å². The maximum atomic E-state index is 6.04. The van der Waals surface area contributed by atoms with E-state index in [-0.39, 0.29) is 5.41 Å². The van der Waals surface area contributed by atoms with Gasteiger partial charge in [0.2, 0.25) is 0 Å². The molecule has 3 heteroatoms. The first-order valence-corrected chi connectivity index (χ1v) is 8.16. The summed E-state index contributed by atoms with van der Waals surface area (Å²) in [6, 6.07) is 2.96.